The average molecular weight is 400 g/mol. The normalized spacial score (nSPS) is 18.9. The fraction of sp³-hybridized carbons (Fsp3) is 0.500. The minimum absolute atomic E-state index is 0.141. The van der Waals surface area contributed by atoms with Crippen molar-refractivity contribution in [1.29, 1.82) is 0 Å². The van der Waals surface area contributed by atoms with Crippen LogP contribution in [0.25, 0.3) is 0 Å². The van der Waals surface area contributed by atoms with Crippen molar-refractivity contribution in [2.24, 2.45) is 5.92 Å². The highest BCUT2D eigenvalue weighted by molar-refractivity contribution is 5.94. The quantitative estimate of drug-likeness (QED) is 0.775. The zero-order chi connectivity index (χ0) is 21.0. The third-order valence-electron chi connectivity index (χ3n) is 5.45. The Morgan fingerprint density at radius 1 is 1.14 bits per heavy atom. The highest BCUT2D eigenvalue weighted by atomic mass is 19.1. The summed E-state index contributed by atoms with van der Waals surface area (Å²) >= 11 is 0. The van der Waals surface area contributed by atoms with Gasteiger partial charge in [-0.1, -0.05) is 0 Å². The van der Waals surface area contributed by atoms with Gasteiger partial charge in [0.1, 0.15) is 11.6 Å². The molecule has 2 aromatic rings. The fourth-order valence-corrected chi connectivity index (χ4v) is 3.66. The molecule has 0 bridgehead atoms. The van der Waals surface area contributed by atoms with Gasteiger partial charge in [0.25, 0.3) is 5.91 Å². The predicted octanol–water partition coefficient (Wildman–Crippen LogP) is 3.70. The molecular formula is C22H30FN5O. The van der Waals surface area contributed by atoms with E-state index in [-0.39, 0.29) is 11.7 Å². The first-order valence-corrected chi connectivity index (χ1v) is 10.2. The van der Waals surface area contributed by atoms with Gasteiger partial charge in [-0.2, -0.15) is 4.98 Å². The molecule has 1 heterocycles. The Morgan fingerprint density at radius 2 is 1.86 bits per heavy atom. The lowest BCUT2D eigenvalue weighted by molar-refractivity contribution is 0.0943. The van der Waals surface area contributed by atoms with Crippen LogP contribution in [-0.4, -0.2) is 42.6 Å². The second-order valence-corrected chi connectivity index (χ2v) is 8.12. The molecule has 1 aliphatic rings. The second kappa shape index (κ2) is 9.20. The molecule has 0 aliphatic heterocycles. The SMILES string of the molecule is Cc1cc(N(C)C)nc(N[C@H]2CC[C@@H](CNC(=O)c3ccc(F)c(C)c3)CC2)n1. The molecule has 1 fully saturated rings. The maximum absolute atomic E-state index is 13.4. The van der Waals surface area contributed by atoms with Crippen LogP contribution in [0.3, 0.4) is 0 Å². The van der Waals surface area contributed by atoms with Crippen LogP contribution in [0.5, 0.6) is 0 Å². The fourth-order valence-electron chi connectivity index (χ4n) is 3.66. The van der Waals surface area contributed by atoms with E-state index in [1.165, 1.54) is 12.1 Å². The van der Waals surface area contributed by atoms with Crippen molar-refractivity contribution in [3.05, 3.63) is 46.9 Å². The summed E-state index contributed by atoms with van der Waals surface area (Å²) in [5.41, 5.74) is 1.94. The molecule has 1 amide bonds. The molecule has 3 rings (SSSR count). The van der Waals surface area contributed by atoms with Gasteiger partial charge < -0.3 is 15.5 Å². The van der Waals surface area contributed by atoms with Crippen molar-refractivity contribution in [3.8, 4) is 0 Å². The van der Waals surface area contributed by atoms with Crippen LogP contribution in [0, 0.1) is 25.6 Å². The van der Waals surface area contributed by atoms with Crippen molar-refractivity contribution in [2.45, 2.75) is 45.6 Å². The van der Waals surface area contributed by atoms with E-state index in [2.05, 4.69) is 20.6 Å². The van der Waals surface area contributed by atoms with Gasteiger partial charge >= 0.3 is 0 Å². The Kier molecular flexibility index (Phi) is 6.67. The first-order chi connectivity index (χ1) is 13.8. The van der Waals surface area contributed by atoms with E-state index in [1.807, 2.05) is 32.0 Å². The van der Waals surface area contributed by atoms with Gasteiger partial charge in [0.05, 0.1) is 0 Å². The summed E-state index contributed by atoms with van der Waals surface area (Å²) in [5, 5.41) is 6.46. The molecule has 1 aromatic carbocycles. The average Bonchev–Trinajstić information content (AvgIpc) is 2.69. The van der Waals surface area contributed by atoms with Crippen LogP contribution in [-0.2, 0) is 0 Å². The zero-order valence-electron chi connectivity index (χ0n) is 17.6. The zero-order valence-corrected chi connectivity index (χ0v) is 17.6. The molecule has 0 radical (unpaired) electrons. The van der Waals surface area contributed by atoms with Gasteiger partial charge in [-0.05, 0) is 69.2 Å². The summed E-state index contributed by atoms with van der Waals surface area (Å²) in [6.45, 7) is 4.29. The first-order valence-electron chi connectivity index (χ1n) is 10.2. The molecule has 29 heavy (non-hydrogen) atoms. The maximum Gasteiger partial charge on any atom is 0.251 e. The summed E-state index contributed by atoms with van der Waals surface area (Å²) < 4.78 is 13.4. The topological polar surface area (TPSA) is 70.2 Å². The third kappa shape index (κ3) is 5.65. The van der Waals surface area contributed by atoms with Crippen molar-refractivity contribution >= 4 is 17.7 Å². The van der Waals surface area contributed by atoms with Crippen LogP contribution in [0.15, 0.2) is 24.3 Å². The number of nitrogens with zero attached hydrogens (tertiary/aromatic N) is 3. The molecule has 1 aliphatic carbocycles. The molecule has 2 N–H and O–H groups in total. The van der Waals surface area contributed by atoms with Crippen molar-refractivity contribution in [3.63, 3.8) is 0 Å². The molecule has 0 saturated heterocycles. The number of hydrogen-bond acceptors (Lipinski definition) is 5. The Morgan fingerprint density at radius 3 is 2.52 bits per heavy atom. The molecule has 7 heteroatoms. The van der Waals surface area contributed by atoms with Crippen LogP contribution < -0.4 is 15.5 Å². The van der Waals surface area contributed by atoms with E-state index in [9.17, 15) is 9.18 Å². The first kappa shape index (κ1) is 21.0. The Bertz CT molecular complexity index is 862. The van der Waals surface area contributed by atoms with Crippen LogP contribution in [0.4, 0.5) is 16.2 Å². The van der Waals surface area contributed by atoms with Crippen LogP contribution in [0.2, 0.25) is 0 Å². The van der Waals surface area contributed by atoms with Gasteiger partial charge in [-0.15, -0.1) is 0 Å². The molecule has 0 atom stereocenters. The summed E-state index contributed by atoms with van der Waals surface area (Å²) in [7, 11) is 3.94. The van der Waals surface area contributed by atoms with Crippen molar-refractivity contribution in [1.82, 2.24) is 15.3 Å². The van der Waals surface area contributed by atoms with Gasteiger partial charge in [0, 0.05) is 44.0 Å². The summed E-state index contributed by atoms with van der Waals surface area (Å²) in [5.74, 6) is 1.60. The Balaban J connectivity index is 1.47. The number of carbonyl (C=O) groups excluding carboxylic acids is 1. The van der Waals surface area contributed by atoms with E-state index in [4.69, 9.17) is 0 Å². The number of aryl methyl sites for hydroxylation is 2. The van der Waals surface area contributed by atoms with Crippen LogP contribution >= 0.6 is 0 Å². The third-order valence-corrected chi connectivity index (χ3v) is 5.45. The Hall–Kier alpha value is -2.70. The largest absolute Gasteiger partial charge is 0.363 e. The molecule has 0 unspecified atom stereocenters. The molecule has 1 saturated carbocycles. The lowest BCUT2D eigenvalue weighted by atomic mass is 9.86. The molecule has 6 nitrogen and oxygen atoms in total. The van der Waals surface area contributed by atoms with Crippen molar-refractivity contribution < 1.29 is 9.18 Å². The lowest BCUT2D eigenvalue weighted by Gasteiger charge is -2.29. The minimum Gasteiger partial charge on any atom is -0.363 e. The molecular weight excluding hydrogens is 369 g/mol. The van der Waals surface area contributed by atoms with Gasteiger partial charge in [-0.3, -0.25) is 4.79 Å². The predicted molar refractivity (Wildman–Crippen MR) is 114 cm³/mol. The maximum atomic E-state index is 13.4. The summed E-state index contributed by atoms with van der Waals surface area (Å²) in [6.07, 6.45) is 4.11. The second-order valence-electron chi connectivity index (χ2n) is 8.12. The number of anilines is 2. The molecule has 1 aromatic heterocycles. The number of halogens is 1. The van der Waals surface area contributed by atoms with Gasteiger partial charge in [-0.25, -0.2) is 9.37 Å². The lowest BCUT2D eigenvalue weighted by Crippen LogP contribution is -2.34. The summed E-state index contributed by atoms with van der Waals surface area (Å²) in [4.78, 5) is 23.4. The molecule has 156 valence electrons. The van der Waals surface area contributed by atoms with Gasteiger partial charge in [0.15, 0.2) is 0 Å². The summed E-state index contributed by atoms with van der Waals surface area (Å²) in [6, 6.07) is 6.78. The number of rotatable bonds is 6. The Labute approximate surface area is 171 Å². The number of hydrogen-bond donors (Lipinski definition) is 2. The number of benzene rings is 1. The van der Waals surface area contributed by atoms with Crippen LogP contribution in [0.1, 0.15) is 47.3 Å². The van der Waals surface area contributed by atoms with Crippen molar-refractivity contribution in [2.75, 3.05) is 30.9 Å². The standard InChI is InChI=1S/C22H30FN5O/c1-14-11-17(7-10-19(14)23)21(29)24-13-16-5-8-18(9-6-16)26-22-25-15(2)12-20(27-22)28(3)4/h7,10-12,16,18H,5-6,8-9,13H2,1-4H3,(H,24,29)(H,25,26,27)/t16-,18+. The highest BCUT2D eigenvalue weighted by Crippen LogP contribution is 2.26. The number of nitrogens with one attached hydrogen (secondary N) is 2. The minimum atomic E-state index is -0.289. The van der Waals surface area contributed by atoms with E-state index < -0.39 is 0 Å². The van der Waals surface area contributed by atoms with E-state index in [0.29, 0.717) is 35.6 Å². The van der Waals surface area contributed by atoms with Gasteiger partial charge in [0.2, 0.25) is 5.95 Å². The highest BCUT2D eigenvalue weighted by Gasteiger charge is 2.22. The van der Waals surface area contributed by atoms with E-state index in [1.54, 1.807) is 13.0 Å². The molecule has 0 spiro atoms. The number of amides is 1. The smallest absolute Gasteiger partial charge is 0.251 e. The van der Waals surface area contributed by atoms with E-state index >= 15 is 0 Å². The number of carbonyl (C=O) groups is 1. The monoisotopic (exact) mass is 399 g/mol. The van der Waals surface area contributed by atoms with E-state index in [0.717, 1.165) is 37.2 Å². The number of aromatic nitrogens is 2.